The third kappa shape index (κ3) is 4.68. The molecule has 2 amide bonds. The molecule has 7 heteroatoms. The van der Waals surface area contributed by atoms with Crippen molar-refractivity contribution < 1.29 is 13.2 Å². The van der Waals surface area contributed by atoms with Crippen molar-refractivity contribution in [2.75, 3.05) is 14.1 Å². The Morgan fingerprint density at radius 3 is 2.48 bits per heavy atom. The van der Waals surface area contributed by atoms with E-state index in [4.69, 9.17) is 0 Å². The molecule has 1 aliphatic rings. The fraction of sp³-hybridized carbons (Fsp3) is 0.562. The summed E-state index contributed by atoms with van der Waals surface area (Å²) in [7, 11) is -0.530. The van der Waals surface area contributed by atoms with Crippen LogP contribution in [-0.2, 0) is 16.6 Å². The Balaban J connectivity index is 1.99. The Hall–Kier alpha value is -1.60. The smallest absolute Gasteiger partial charge is 0.315 e. The Labute approximate surface area is 138 Å². The van der Waals surface area contributed by atoms with E-state index in [1.165, 1.54) is 24.8 Å². The number of benzene rings is 1. The van der Waals surface area contributed by atoms with Crippen LogP contribution in [0.1, 0.15) is 37.7 Å². The summed E-state index contributed by atoms with van der Waals surface area (Å²) in [4.78, 5) is 12.2. The van der Waals surface area contributed by atoms with Crippen LogP contribution in [0.15, 0.2) is 29.2 Å². The van der Waals surface area contributed by atoms with E-state index in [-0.39, 0.29) is 23.5 Å². The lowest BCUT2D eigenvalue weighted by molar-refractivity contribution is 0.232. The maximum atomic E-state index is 12.3. The van der Waals surface area contributed by atoms with Gasteiger partial charge in [-0.2, -0.15) is 0 Å². The van der Waals surface area contributed by atoms with Crippen LogP contribution in [0.5, 0.6) is 0 Å². The van der Waals surface area contributed by atoms with Gasteiger partial charge in [-0.05, 0) is 24.5 Å². The molecule has 0 aromatic heterocycles. The Kier molecular flexibility index (Phi) is 6.01. The van der Waals surface area contributed by atoms with E-state index in [1.807, 2.05) is 0 Å². The predicted octanol–water partition coefficient (Wildman–Crippen LogP) is 2.07. The average molecular weight is 339 g/mol. The highest BCUT2D eigenvalue weighted by Gasteiger charge is 2.21. The summed E-state index contributed by atoms with van der Waals surface area (Å²) in [6, 6.07) is 6.72. The zero-order valence-corrected chi connectivity index (χ0v) is 14.5. The number of nitrogens with zero attached hydrogens (tertiary/aromatic N) is 1. The summed E-state index contributed by atoms with van der Waals surface area (Å²) < 4.78 is 25.8. The van der Waals surface area contributed by atoms with Gasteiger partial charge in [0.1, 0.15) is 0 Å². The number of urea groups is 1. The molecule has 0 saturated heterocycles. The maximum Gasteiger partial charge on any atom is 0.315 e. The molecule has 2 N–H and O–H groups in total. The maximum absolute atomic E-state index is 12.3. The van der Waals surface area contributed by atoms with E-state index in [9.17, 15) is 13.2 Å². The number of carbonyl (C=O) groups excluding carboxylic acids is 1. The lowest BCUT2D eigenvalue weighted by atomic mass is 9.96. The van der Waals surface area contributed by atoms with Gasteiger partial charge in [-0.1, -0.05) is 37.5 Å². The van der Waals surface area contributed by atoms with E-state index >= 15 is 0 Å². The van der Waals surface area contributed by atoms with E-state index in [0.717, 1.165) is 25.7 Å². The van der Waals surface area contributed by atoms with E-state index in [2.05, 4.69) is 10.6 Å². The van der Waals surface area contributed by atoms with Crippen LogP contribution in [0.25, 0.3) is 0 Å². The van der Waals surface area contributed by atoms with Gasteiger partial charge >= 0.3 is 6.03 Å². The average Bonchev–Trinajstić information content (AvgIpc) is 2.54. The molecule has 0 spiro atoms. The van der Waals surface area contributed by atoms with Crippen molar-refractivity contribution in [3.05, 3.63) is 29.8 Å². The molecule has 1 aromatic carbocycles. The number of carbonyl (C=O) groups is 1. The van der Waals surface area contributed by atoms with Crippen LogP contribution in [-0.4, -0.2) is 38.9 Å². The van der Waals surface area contributed by atoms with Crippen molar-refractivity contribution >= 4 is 16.1 Å². The molecular weight excluding hydrogens is 314 g/mol. The SMILES string of the molecule is CN(C)S(=O)(=O)c1ccccc1CNC(=O)NC1CCCCC1. The molecule has 1 fully saturated rings. The minimum atomic E-state index is -3.52. The number of sulfonamides is 1. The number of rotatable bonds is 5. The summed E-state index contributed by atoms with van der Waals surface area (Å²) >= 11 is 0. The molecule has 1 aliphatic carbocycles. The van der Waals surface area contributed by atoms with Crippen molar-refractivity contribution in [1.82, 2.24) is 14.9 Å². The van der Waals surface area contributed by atoms with Crippen molar-refractivity contribution in [2.24, 2.45) is 0 Å². The molecule has 1 aromatic rings. The van der Waals surface area contributed by atoms with Crippen molar-refractivity contribution in [3.63, 3.8) is 0 Å². The highest BCUT2D eigenvalue weighted by atomic mass is 32.2. The molecular formula is C16H25N3O3S. The van der Waals surface area contributed by atoms with Gasteiger partial charge in [0.15, 0.2) is 0 Å². The van der Waals surface area contributed by atoms with E-state index < -0.39 is 10.0 Å². The predicted molar refractivity (Wildman–Crippen MR) is 89.6 cm³/mol. The normalized spacial score (nSPS) is 16.3. The summed E-state index contributed by atoms with van der Waals surface area (Å²) in [5.74, 6) is 0. The van der Waals surface area contributed by atoms with E-state index in [0.29, 0.717) is 5.56 Å². The molecule has 0 aliphatic heterocycles. The van der Waals surface area contributed by atoms with Gasteiger partial charge < -0.3 is 10.6 Å². The lowest BCUT2D eigenvalue weighted by Crippen LogP contribution is -2.42. The summed E-state index contributed by atoms with van der Waals surface area (Å²) in [6.45, 7) is 0.182. The third-order valence-electron chi connectivity index (χ3n) is 4.11. The number of hydrogen-bond acceptors (Lipinski definition) is 3. The molecule has 0 heterocycles. The minimum Gasteiger partial charge on any atom is -0.335 e. The molecule has 0 atom stereocenters. The highest BCUT2D eigenvalue weighted by molar-refractivity contribution is 7.89. The van der Waals surface area contributed by atoms with Gasteiger partial charge in [0.2, 0.25) is 10.0 Å². The lowest BCUT2D eigenvalue weighted by Gasteiger charge is -2.23. The second-order valence-electron chi connectivity index (χ2n) is 6.06. The van der Waals surface area contributed by atoms with Gasteiger partial charge in [-0.3, -0.25) is 0 Å². The first-order valence-electron chi connectivity index (χ1n) is 7.96. The zero-order chi connectivity index (χ0) is 16.9. The van der Waals surface area contributed by atoms with Crippen LogP contribution in [0.2, 0.25) is 0 Å². The van der Waals surface area contributed by atoms with Gasteiger partial charge in [0.05, 0.1) is 4.90 Å². The van der Waals surface area contributed by atoms with Crippen LogP contribution in [0.3, 0.4) is 0 Å². The van der Waals surface area contributed by atoms with Crippen LogP contribution >= 0.6 is 0 Å². The van der Waals surface area contributed by atoms with Gasteiger partial charge in [-0.15, -0.1) is 0 Å². The molecule has 6 nitrogen and oxygen atoms in total. The standard InChI is InChI=1S/C16H25N3O3S/c1-19(2)23(21,22)15-11-7-6-8-13(15)12-17-16(20)18-14-9-4-3-5-10-14/h6-8,11,14H,3-5,9-10,12H2,1-2H3,(H2,17,18,20). The largest absolute Gasteiger partial charge is 0.335 e. The van der Waals surface area contributed by atoms with E-state index in [1.54, 1.807) is 24.3 Å². The molecule has 128 valence electrons. The molecule has 0 unspecified atom stereocenters. The van der Waals surface area contributed by atoms with Crippen LogP contribution in [0, 0.1) is 0 Å². The molecule has 2 rings (SSSR count). The number of amides is 2. The van der Waals surface area contributed by atoms with Crippen molar-refractivity contribution in [3.8, 4) is 0 Å². The second kappa shape index (κ2) is 7.79. The molecule has 0 bridgehead atoms. The molecule has 0 radical (unpaired) electrons. The summed E-state index contributed by atoms with van der Waals surface area (Å²) in [5.41, 5.74) is 0.583. The van der Waals surface area contributed by atoms with Gasteiger partial charge in [0.25, 0.3) is 0 Å². The zero-order valence-electron chi connectivity index (χ0n) is 13.7. The quantitative estimate of drug-likeness (QED) is 0.862. The van der Waals surface area contributed by atoms with Gasteiger partial charge in [-0.25, -0.2) is 17.5 Å². The van der Waals surface area contributed by atoms with Crippen molar-refractivity contribution in [2.45, 2.75) is 49.6 Å². The Bertz CT molecular complexity index is 638. The third-order valence-corrected chi connectivity index (χ3v) is 6.03. The van der Waals surface area contributed by atoms with Gasteiger partial charge in [0, 0.05) is 26.7 Å². The number of hydrogen-bond donors (Lipinski definition) is 2. The van der Waals surface area contributed by atoms with Crippen LogP contribution in [0.4, 0.5) is 4.79 Å². The monoisotopic (exact) mass is 339 g/mol. The fourth-order valence-electron chi connectivity index (χ4n) is 2.76. The first-order valence-corrected chi connectivity index (χ1v) is 9.40. The van der Waals surface area contributed by atoms with Crippen molar-refractivity contribution in [1.29, 1.82) is 0 Å². The second-order valence-corrected chi connectivity index (χ2v) is 8.18. The number of nitrogens with one attached hydrogen (secondary N) is 2. The Morgan fingerprint density at radius 1 is 1.17 bits per heavy atom. The minimum absolute atomic E-state index is 0.182. The molecule has 1 saturated carbocycles. The summed E-state index contributed by atoms with van der Waals surface area (Å²) in [6.07, 6.45) is 5.55. The molecule has 23 heavy (non-hydrogen) atoms. The highest BCUT2D eigenvalue weighted by Crippen LogP contribution is 2.19. The topological polar surface area (TPSA) is 78.5 Å². The summed E-state index contributed by atoms with van der Waals surface area (Å²) in [5, 5.41) is 5.72. The fourth-order valence-corrected chi connectivity index (χ4v) is 3.87. The first kappa shape index (κ1) is 17.7. The first-order chi connectivity index (χ1) is 10.9. The van der Waals surface area contributed by atoms with Crippen LogP contribution < -0.4 is 10.6 Å². The Morgan fingerprint density at radius 2 is 1.83 bits per heavy atom.